The molecule has 128 valence electrons. The van der Waals surface area contributed by atoms with Crippen molar-refractivity contribution < 1.29 is 4.39 Å². The molecule has 0 radical (unpaired) electrons. The Kier molecular flexibility index (Phi) is 8.41. The predicted octanol–water partition coefficient (Wildman–Crippen LogP) is 5.89. The van der Waals surface area contributed by atoms with Gasteiger partial charge in [0.15, 0.2) is 0 Å². The highest BCUT2D eigenvalue weighted by Crippen LogP contribution is 2.37. The van der Waals surface area contributed by atoms with Crippen LogP contribution in [0, 0.1) is 0 Å². The minimum Gasteiger partial charge on any atom is -0.277 e. The van der Waals surface area contributed by atoms with E-state index in [0.717, 1.165) is 28.9 Å². The smallest absolute Gasteiger partial charge is 0.0977 e. The molecule has 24 heavy (non-hydrogen) atoms. The van der Waals surface area contributed by atoms with Gasteiger partial charge in [0.1, 0.15) is 0 Å². The third-order valence-corrected chi connectivity index (χ3v) is 3.42. The van der Waals surface area contributed by atoms with Gasteiger partial charge in [-0.15, -0.1) is 0 Å². The average molecular weight is 327 g/mol. The summed E-state index contributed by atoms with van der Waals surface area (Å²) in [6, 6.07) is 3.90. The Bertz CT molecular complexity index is 710. The van der Waals surface area contributed by atoms with Gasteiger partial charge in [0.25, 0.3) is 0 Å². The van der Waals surface area contributed by atoms with Gasteiger partial charge in [-0.25, -0.2) is 4.39 Å². The molecule has 2 aromatic rings. The van der Waals surface area contributed by atoms with E-state index in [2.05, 4.69) is 22.1 Å². The van der Waals surface area contributed by atoms with Crippen LogP contribution in [0.2, 0.25) is 0 Å². The molecule has 1 aliphatic rings. The molecule has 4 heteroatoms. The summed E-state index contributed by atoms with van der Waals surface area (Å²) in [7, 11) is 0. The van der Waals surface area contributed by atoms with Crippen LogP contribution < -0.4 is 0 Å². The van der Waals surface area contributed by atoms with E-state index in [1.807, 2.05) is 52.1 Å². The summed E-state index contributed by atoms with van der Waals surface area (Å²) in [6.45, 7) is 10.1. The number of H-pyrrole nitrogens is 1. The Hall–Kier alpha value is -2.49. The number of halogens is 1. The van der Waals surface area contributed by atoms with E-state index in [1.165, 1.54) is 17.2 Å². The molecule has 2 heterocycles. The zero-order valence-corrected chi connectivity index (χ0v) is 15.1. The Labute approximate surface area is 144 Å². The first kappa shape index (κ1) is 19.6. The lowest BCUT2D eigenvalue weighted by molar-refractivity contribution is 0.721. The second kappa shape index (κ2) is 10.3. The van der Waals surface area contributed by atoms with Crippen LogP contribution in [-0.2, 0) is 6.42 Å². The predicted molar refractivity (Wildman–Crippen MR) is 100 cm³/mol. The third-order valence-electron chi connectivity index (χ3n) is 3.42. The van der Waals surface area contributed by atoms with Crippen molar-refractivity contribution >= 4 is 5.57 Å². The summed E-state index contributed by atoms with van der Waals surface area (Å²) in [4.78, 5) is 4.13. The molecule has 0 saturated heterocycles. The number of hydrogen-bond donors (Lipinski definition) is 1. The number of hydrogen-bond acceptors (Lipinski definition) is 2. The van der Waals surface area contributed by atoms with Crippen molar-refractivity contribution in [2.24, 2.45) is 0 Å². The van der Waals surface area contributed by atoms with Crippen molar-refractivity contribution in [2.75, 3.05) is 0 Å². The van der Waals surface area contributed by atoms with Crippen molar-refractivity contribution in [3.05, 3.63) is 65.9 Å². The van der Waals surface area contributed by atoms with Crippen LogP contribution in [-0.4, -0.2) is 15.2 Å². The lowest BCUT2D eigenvalue weighted by Crippen LogP contribution is -1.86. The van der Waals surface area contributed by atoms with Gasteiger partial charge in [-0.2, -0.15) is 5.10 Å². The van der Waals surface area contributed by atoms with Crippen LogP contribution in [0.25, 0.3) is 16.8 Å². The van der Waals surface area contributed by atoms with Crippen molar-refractivity contribution in [2.45, 2.75) is 41.0 Å². The minimum atomic E-state index is 0.524. The maximum Gasteiger partial charge on any atom is 0.0977 e. The molecule has 3 rings (SSSR count). The summed E-state index contributed by atoms with van der Waals surface area (Å²) < 4.78 is 12.0. The van der Waals surface area contributed by atoms with E-state index in [9.17, 15) is 4.39 Å². The third kappa shape index (κ3) is 4.28. The second-order valence-corrected chi connectivity index (χ2v) is 4.72. The summed E-state index contributed by atoms with van der Waals surface area (Å²) in [6.07, 6.45) is 9.91. The molecular formula is C20H26FN3. The molecule has 1 aliphatic carbocycles. The number of aromatic nitrogens is 3. The van der Waals surface area contributed by atoms with Gasteiger partial charge in [-0.1, -0.05) is 45.4 Å². The lowest BCUT2D eigenvalue weighted by atomic mass is 10.1. The van der Waals surface area contributed by atoms with Crippen LogP contribution >= 0.6 is 0 Å². The molecule has 0 unspecified atom stereocenters. The van der Waals surface area contributed by atoms with Gasteiger partial charge in [0.05, 0.1) is 17.7 Å². The molecule has 0 atom stereocenters. The van der Waals surface area contributed by atoms with Crippen LogP contribution in [0.3, 0.4) is 0 Å². The molecule has 0 amide bonds. The van der Waals surface area contributed by atoms with Gasteiger partial charge < -0.3 is 0 Å². The second-order valence-electron chi connectivity index (χ2n) is 4.72. The fraction of sp³-hybridized carbons (Fsp3) is 0.300. The zero-order chi connectivity index (χ0) is 17.9. The molecule has 3 nitrogen and oxygen atoms in total. The van der Waals surface area contributed by atoms with Crippen molar-refractivity contribution in [1.82, 2.24) is 15.2 Å². The molecule has 0 bridgehead atoms. The first-order valence-corrected chi connectivity index (χ1v) is 8.42. The Morgan fingerprint density at radius 2 is 1.92 bits per heavy atom. The molecular weight excluding hydrogens is 301 g/mol. The van der Waals surface area contributed by atoms with Gasteiger partial charge in [0.2, 0.25) is 0 Å². The number of aromatic amines is 1. The van der Waals surface area contributed by atoms with Crippen LogP contribution in [0.1, 0.15) is 45.9 Å². The highest BCUT2D eigenvalue weighted by molar-refractivity contribution is 5.84. The largest absolute Gasteiger partial charge is 0.277 e. The Balaban J connectivity index is 0.000000671. The SMILES string of the molecule is CC.CC.CC1=C(/C=C\C=C\F)c2[nH]nc(-c3cccnc3)c2C1. The topological polar surface area (TPSA) is 41.6 Å². The zero-order valence-electron chi connectivity index (χ0n) is 15.1. The van der Waals surface area contributed by atoms with Crippen LogP contribution in [0.5, 0.6) is 0 Å². The number of pyridine rings is 1. The van der Waals surface area contributed by atoms with E-state index >= 15 is 0 Å². The van der Waals surface area contributed by atoms with Gasteiger partial charge in [-0.3, -0.25) is 10.1 Å². The maximum absolute atomic E-state index is 12.0. The van der Waals surface area contributed by atoms with E-state index < -0.39 is 0 Å². The number of nitrogens with zero attached hydrogens (tertiary/aromatic N) is 2. The fourth-order valence-electron chi connectivity index (χ4n) is 2.49. The van der Waals surface area contributed by atoms with Crippen LogP contribution in [0.15, 0.2) is 54.7 Å². The van der Waals surface area contributed by atoms with E-state index in [-0.39, 0.29) is 0 Å². The molecule has 0 aliphatic heterocycles. The van der Waals surface area contributed by atoms with Crippen molar-refractivity contribution in [1.29, 1.82) is 0 Å². The fourth-order valence-corrected chi connectivity index (χ4v) is 2.49. The molecule has 0 saturated carbocycles. The normalized spacial score (nSPS) is 12.8. The van der Waals surface area contributed by atoms with Crippen molar-refractivity contribution in [3.63, 3.8) is 0 Å². The van der Waals surface area contributed by atoms with Crippen LogP contribution in [0.4, 0.5) is 4.39 Å². The maximum atomic E-state index is 12.0. The quantitative estimate of drug-likeness (QED) is 0.714. The lowest BCUT2D eigenvalue weighted by Gasteiger charge is -1.98. The number of nitrogens with one attached hydrogen (secondary N) is 1. The molecule has 1 N–H and O–H groups in total. The molecule has 0 spiro atoms. The Morgan fingerprint density at radius 3 is 2.54 bits per heavy atom. The monoisotopic (exact) mass is 327 g/mol. The Morgan fingerprint density at radius 1 is 1.17 bits per heavy atom. The van der Waals surface area contributed by atoms with Crippen molar-refractivity contribution in [3.8, 4) is 11.3 Å². The number of allylic oxidation sites excluding steroid dienone is 5. The number of rotatable bonds is 3. The first-order chi connectivity index (χ1) is 11.8. The molecule has 2 aromatic heterocycles. The summed E-state index contributed by atoms with van der Waals surface area (Å²) in [5.41, 5.74) is 6.48. The van der Waals surface area contributed by atoms with Gasteiger partial charge in [0, 0.05) is 23.5 Å². The summed E-state index contributed by atoms with van der Waals surface area (Å²) in [5.74, 6) is 0. The average Bonchev–Trinajstić information content (AvgIpc) is 3.19. The molecule has 0 fully saturated rings. The standard InChI is InChI=1S/C16H14FN3.2C2H6/c1-11-9-14-15(12-5-4-8-18-10-12)19-20-16(14)13(11)6-2-3-7-17;2*1-2/h2-8,10H,9H2,1H3,(H,19,20);2*1-2H3/b6-2-,7-3+;;. The summed E-state index contributed by atoms with van der Waals surface area (Å²) in [5, 5.41) is 7.48. The summed E-state index contributed by atoms with van der Waals surface area (Å²) >= 11 is 0. The van der Waals surface area contributed by atoms with Gasteiger partial charge >= 0.3 is 0 Å². The minimum absolute atomic E-state index is 0.524. The van der Waals surface area contributed by atoms with E-state index in [1.54, 1.807) is 12.3 Å². The van der Waals surface area contributed by atoms with E-state index in [0.29, 0.717) is 6.33 Å². The van der Waals surface area contributed by atoms with Gasteiger partial charge in [-0.05, 0) is 37.1 Å². The highest BCUT2D eigenvalue weighted by Gasteiger charge is 2.23. The first-order valence-electron chi connectivity index (χ1n) is 8.42. The number of fused-ring (bicyclic) bond motifs is 1. The molecule has 0 aromatic carbocycles. The van der Waals surface area contributed by atoms with E-state index in [4.69, 9.17) is 0 Å². The highest BCUT2D eigenvalue weighted by atomic mass is 19.1.